The van der Waals surface area contributed by atoms with E-state index in [1.807, 2.05) is 6.08 Å². The van der Waals surface area contributed by atoms with Gasteiger partial charge in [0.15, 0.2) is 17.3 Å². The number of allylic oxidation sites excluding steroid dienone is 2. The highest BCUT2D eigenvalue weighted by Gasteiger charge is 2.32. The van der Waals surface area contributed by atoms with Crippen molar-refractivity contribution in [3.05, 3.63) is 35.9 Å². The molecule has 29 heavy (non-hydrogen) atoms. The van der Waals surface area contributed by atoms with E-state index in [-0.39, 0.29) is 29.8 Å². The van der Waals surface area contributed by atoms with E-state index in [1.165, 1.54) is 7.11 Å². The van der Waals surface area contributed by atoms with Gasteiger partial charge in [0.05, 0.1) is 14.2 Å². The summed E-state index contributed by atoms with van der Waals surface area (Å²) in [4.78, 5) is 35.3. The molecule has 0 saturated heterocycles. The first-order valence-corrected chi connectivity index (χ1v) is 10.1. The standard InChI is InChI=1S/C23H30O6/c1-28-21-14-11-17(15-22(21)29-2)19(24)12-9-16-10-13-20(25)18(16)7-5-3-4-6-8-23(26)27/h9,11-12,14-16,18H,3-8,10,13H2,1-2H3,(H,26,27)/b12-9+. The van der Waals surface area contributed by atoms with Gasteiger partial charge in [-0.2, -0.15) is 0 Å². The number of carboxylic acids is 1. The molecule has 1 N–H and O–H groups in total. The van der Waals surface area contributed by atoms with Gasteiger partial charge in [0.25, 0.3) is 0 Å². The fourth-order valence-electron chi connectivity index (χ4n) is 3.83. The Morgan fingerprint density at radius 3 is 2.52 bits per heavy atom. The van der Waals surface area contributed by atoms with Crippen LogP contribution in [0.4, 0.5) is 0 Å². The highest BCUT2D eigenvalue weighted by atomic mass is 16.5. The van der Waals surface area contributed by atoms with Crippen LogP contribution in [0.5, 0.6) is 11.5 Å². The van der Waals surface area contributed by atoms with Crippen molar-refractivity contribution in [2.75, 3.05) is 14.2 Å². The third-order valence-electron chi connectivity index (χ3n) is 5.47. The number of Topliss-reactive ketones (excluding diaryl/α,β-unsaturated/α-hetero) is 1. The Hall–Kier alpha value is -2.63. The minimum atomic E-state index is -0.764. The summed E-state index contributed by atoms with van der Waals surface area (Å²) in [5.41, 5.74) is 0.512. The molecule has 0 bridgehead atoms. The smallest absolute Gasteiger partial charge is 0.303 e. The Morgan fingerprint density at radius 2 is 1.83 bits per heavy atom. The quantitative estimate of drug-likeness (QED) is 0.315. The van der Waals surface area contributed by atoms with Crippen LogP contribution in [0.2, 0.25) is 0 Å². The SMILES string of the molecule is COc1ccc(C(=O)/C=C/C2CCC(=O)C2CCCCCCC(=O)O)cc1OC. The first-order chi connectivity index (χ1) is 14.0. The summed E-state index contributed by atoms with van der Waals surface area (Å²) in [5, 5.41) is 8.66. The number of hydrogen-bond donors (Lipinski definition) is 1. The number of benzene rings is 1. The lowest BCUT2D eigenvalue weighted by Gasteiger charge is -2.14. The van der Waals surface area contributed by atoms with Crippen LogP contribution in [0.1, 0.15) is 61.7 Å². The predicted molar refractivity (Wildman–Crippen MR) is 110 cm³/mol. The average Bonchev–Trinajstić information content (AvgIpc) is 3.07. The van der Waals surface area contributed by atoms with Crippen LogP contribution in [0.15, 0.2) is 30.4 Å². The van der Waals surface area contributed by atoms with Gasteiger partial charge in [0.1, 0.15) is 5.78 Å². The molecular weight excluding hydrogens is 372 g/mol. The molecule has 0 aliphatic heterocycles. The molecule has 6 nitrogen and oxygen atoms in total. The fourth-order valence-corrected chi connectivity index (χ4v) is 3.83. The highest BCUT2D eigenvalue weighted by molar-refractivity contribution is 6.05. The Morgan fingerprint density at radius 1 is 1.10 bits per heavy atom. The van der Waals surface area contributed by atoms with Gasteiger partial charge in [-0.05, 0) is 49.5 Å². The second kappa shape index (κ2) is 11.4. The third-order valence-corrected chi connectivity index (χ3v) is 5.47. The molecule has 1 aromatic rings. The van der Waals surface area contributed by atoms with Crippen LogP contribution in [-0.4, -0.2) is 36.9 Å². The second-order valence-electron chi connectivity index (χ2n) is 7.42. The molecule has 1 fully saturated rings. The van der Waals surface area contributed by atoms with Crippen LogP contribution in [-0.2, 0) is 9.59 Å². The molecule has 2 rings (SSSR count). The Kier molecular flexibility index (Phi) is 8.90. The first kappa shape index (κ1) is 22.7. The summed E-state index contributed by atoms with van der Waals surface area (Å²) >= 11 is 0. The molecular formula is C23H30O6. The van der Waals surface area contributed by atoms with E-state index in [1.54, 1.807) is 31.4 Å². The van der Waals surface area contributed by atoms with E-state index in [0.29, 0.717) is 29.9 Å². The first-order valence-electron chi connectivity index (χ1n) is 10.1. The van der Waals surface area contributed by atoms with E-state index >= 15 is 0 Å². The molecule has 2 unspecified atom stereocenters. The van der Waals surface area contributed by atoms with E-state index < -0.39 is 5.97 Å². The van der Waals surface area contributed by atoms with Gasteiger partial charge in [0, 0.05) is 24.3 Å². The average molecular weight is 402 g/mol. The topological polar surface area (TPSA) is 89.9 Å². The van der Waals surface area contributed by atoms with E-state index in [2.05, 4.69) is 0 Å². The Bertz CT molecular complexity index is 752. The number of carbonyl (C=O) groups is 3. The molecule has 1 aliphatic carbocycles. The van der Waals surface area contributed by atoms with Crippen molar-refractivity contribution in [1.29, 1.82) is 0 Å². The summed E-state index contributed by atoms with van der Waals surface area (Å²) in [7, 11) is 3.07. The van der Waals surface area contributed by atoms with Crippen molar-refractivity contribution in [3.8, 4) is 11.5 Å². The Labute approximate surface area is 171 Å². The normalized spacial score (nSPS) is 18.9. The Balaban J connectivity index is 1.90. The van der Waals surface area contributed by atoms with Gasteiger partial charge in [-0.15, -0.1) is 0 Å². The molecule has 158 valence electrons. The van der Waals surface area contributed by atoms with Crippen molar-refractivity contribution in [2.24, 2.45) is 11.8 Å². The monoisotopic (exact) mass is 402 g/mol. The molecule has 2 atom stereocenters. The summed E-state index contributed by atoms with van der Waals surface area (Å²) in [6.45, 7) is 0. The maximum absolute atomic E-state index is 12.5. The second-order valence-corrected chi connectivity index (χ2v) is 7.42. The zero-order valence-corrected chi connectivity index (χ0v) is 17.2. The molecule has 1 aliphatic rings. The van der Waals surface area contributed by atoms with Crippen LogP contribution in [0, 0.1) is 11.8 Å². The van der Waals surface area contributed by atoms with E-state index in [4.69, 9.17) is 14.6 Å². The van der Waals surface area contributed by atoms with Gasteiger partial charge < -0.3 is 14.6 Å². The lowest BCUT2D eigenvalue weighted by atomic mass is 9.89. The van der Waals surface area contributed by atoms with Crippen LogP contribution in [0.3, 0.4) is 0 Å². The number of ketones is 2. The number of ether oxygens (including phenoxy) is 2. The number of rotatable bonds is 12. The maximum Gasteiger partial charge on any atom is 0.303 e. The highest BCUT2D eigenvalue weighted by Crippen LogP contribution is 2.34. The van der Waals surface area contributed by atoms with E-state index in [9.17, 15) is 14.4 Å². The van der Waals surface area contributed by atoms with Gasteiger partial charge in [-0.3, -0.25) is 14.4 Å². The molecule has 6 heteroatoms. The van der Waals surface area contributed by atoms with Gasteiger partial charge in [0.2, 0.25) is 0 Å². The van der Waals surface area contributed by atoms with Crippen molar-refractivity contribution >= 4 is 17.5 Å². The zero-order valence-electron chi connectivity index (χ0n) is 17.2. The maximum atomic E-state index is 12.5. The fraction of sp³-hybridized carbons (Fsp3) is 0.522. The molecule has 0 aromatic heterocycles. The number of methoxy groups -OCH3 is 2. The number of carbonyl (C=O) groups excluding carboxylic acids is 2. The minimum absolute atomic E-state index is 0.0380. The summed E-state index contributed by atoms with van der Waals surface area (Å²) < 4.78 is 10.4. The van der Waals surface area contributed by atoms with Crippen LogP contribution < -0.4 is 9.47 Å². The molecule has 1 aromatic carbocycles. The summed E-state index contributed by atoms with van der Waals surface area (Å²) in [6, 6.07) is 5.05. The van der Waals surface area contributed by atoms with Crippen LogP contribution >= 0.6 is 0 Å². The van der Waals surface area contributed by atoms with Crippen LogP contribution in [0.25, 0.3) is 0 Å². The summed E-state index contributed by atoms with van der Waals surface area (Å²) in [6.07, 6.45) is 9.15. The lowest BCUT2D eigenvalue weighted by Crippen LogP contribution is -2.13. The minimum Gasteiger partial charge on any atom is -0.493 e. The molecule has 1 saturated carbocycles. The largest absolute Gasteiger partial charge is 0.493 e. The van der Waals surface area contributed by atoms with Crippen molar-refractivity contribution in [3.63, 3.8) is 0 Å². The predicted octanol–water partition coefficient (Wildman–Crippen LogP) is 4.46. The number of carboxylic acid groups (broad SMARTS) is 1. The van der Waals surface area contributed by atoms with Crippen molar-refractivity contribution in [1.82, 2.24) is 0 Å². The molecule has 0 spiro atoms. The van der Waals surface area contributed by atoms with Gasteiger partial charge in [-0.1, -0.05) is 25.3 Å². The van der Waals surface area contributed by atoms with Crippen molar-refractivity contribution in [2.45, 2.75) is 51.4 Å². The molecule has 0 heterocycles. The van der Waals surface area contributed by atoms with Crippen molar-refractivity contribution < 1.29 is 29.0 Å². The molecule has 0 amide bonds. The van der Waals surface area contributed by atoms with Gasteiger partial charge >= 0.3 is 5.97 Å². The molecule has 0 radical (unpaired) electrons. The number of hydrogen-bond acceptors (Lipinski definition) is 5. The lowest BCUT2D eigenvalue weighted by molar-refractivity contribution is -0.137. The zero-order chi connectivity index (χ0) is 21.2. The number of aliphatic carboxylic acids is 1. The number of unbranched alkanes of at least 4 members (excludes halogenated alkanes) is 3. The van der Waals surface area contributed by atoms with E-state index in [0.717, 1.165) is 32.1 Å². The van der Waals surface area contributed by atoms with Gasteiger partial charge in [-0.25, -0.2) is 0 Å². The summed E-state index contributed by atoms with van der Waals surface area (Å²) in [5.74, 6) is 0.498. The third kappa shape index (κ3) is 6.73.